The summed E-state index contributed by atoms with van der Waals surface area (Å²) in [6.45, 7) is 3.94. The first-order valence-corrected chi connectivity index (χ1v) is 5.21. The van der Waals surface area contributed by atoms with Crippen LogP contribution in [0.25, 0.3) is 0 Å². The molecule has 0 fully saturated rings. The summed E-state index contributed by atoms with van der Waals surface area (Å²) in [5.41, 5.74) is 6.63. The molecular formula is C10H18N4O. The van der Waals surface area contributed by atoms with Crippen LogP contribution in [0.15, 0.2) is 6.20 Å². The summed E-state index contributed by atoms with van der Waals surface area (Å²) in [5.74, 6) is 0.475. The first kappa shape index (κ1) is 11.7. The lowest BCUT2D eigenvalue weighted by molar-refractivity contribution is -0.117. The Labute approximate surface area is 89.4 Å². The number of nitrogens with two attached hydrogens (primary N) is 1. The number of nitrogens with zero attached hydrogens (tertiary/aromatic N) is 1. The Kier molecular flexibility index (Phi) is 4.30. The van der Waals surface area contributed by atoms with E-state index in [9.17, 15) is 4.79 Å². The molecule has 0 radical (unpaired) electrons. The number of hydrogen-bond donors (Lipinski definition) is 3. The summed E-state index contributed by atoms with van der Waals surface area (Å²) in [6, 6.07) is -0.437. The third kappa shape index (κ3) is 3.36. The smallest absolute Gasteiger partial charge is 0.242 e. The molecule has 0 spiro atoms. The number of anilines is 1. The highest BCUT2D eigenvalue weighted by atomic mass is 16.2. The lowest BCUT2D eigenvalue weighted by atomic mass is 10.1. The highest BCUT2D eigenvalue weighted by molar-refractivity contribution is 5.94. The minimum atomic E-state index is -0.437. The minimum Gasteiger partial charge on any atom is -0.320 e. The highest BCUT2D eigenvalue weighted by Crippen LogP contribution is 2.09. The predicted octanol–water partition coefficient (Wildman–Crippen LogP) is 1.17. The number of carbonyl (C=O) groups excluding carboxylic acids is 1. The van der Waals surface area contributed by atoms with Crippen molar-refractivity contribution in [3.05, 3.63) is 11.8 Å². The van der Waals surface area contributed by atoms with Gasteiger partial charge in [0.15, 0.2) is 0 Å². The summed E-state index contributed by atoms with van der Waals surface area (Å²) in [7, 11) is 0. The summed E-state index contributed by atoms with van der Waals surface area (Å²) in [6.07, 6.45) is 4.39. The van der Waals surface area contributed by atoms with E-state index < -0.39 is 6.04 Å². The van der Waals surface area contributed by atoms with Gasteiger partial charge in [-0.1, -0.05) is 19.8 Å². The van der Waals surface area contributed by atoms with Crippen molar-refractivity contribution in [2.45, 2.75) is 39.2 Å². The second kappa shape index (κ2) is 5.50. The summed E-state index contributed by atoms with van der Waals surface area (Å²) >= 11 is 0. The van der Waals surface area contributed by atoms with Crippen LogP contribution < -0.4 is 11.1 Å². The third-order valence-electron chi connectivity index (χ3n) is 2.28. The topological polar surface area (TPSA) is 83.8 Å². The van der Waals surface area contributed by atoms with Crippen molar-refractivity contribution in [1.29, 1.82) is 0 Å². The highest BCUT2D eigenvalue weighted by Gasteiger charge is 2.14. The molecule has 15 heavy (non-hydrogen) atoms. The molecule has 5 nitrogen and oxygen atoms in total. The molecule has 1 aromatic heterocycles. The largest absolute Gasteiger partial charge is 0.320 e. The molecule has 0 aliphatic heterocycles. The van der Waals surface area contributed by atoms with E-state index in [1.165, 1.54) is 0 Å². The van der Waals surface area contributed by atoms with E-state index in [2.05, 4.69) is 22.4 Å². The van der Waals surface area contributed by atoms with Crippen LogP contribution in [0, 0.1) is 6.92 Å². The molecule has 0 saturated carbocycles. The van der Waals surface area contributed by atoms with Gasteiger partial charge in [0.25, 0.3) is 0 Å². The molecule has 84 valence electrons. The van der Waals surface area contributed by atoms with Crippen molar-refractivity contribution >= 4 is 11.7 Å². The van der Waals surface area contributed by atoms with Crippen LogP contribution in [0.4, 0.5) is 5.82 Å². The molecule has 1 aromatic rings. The van der Waals surface area contributed by atoms with Crippen LogP contribution in [0.3, 0.4) is 0 Å². The fourth-order valence-corrected chi connectivity index (χ4v) is 1.24. The molecule has 0 bridgehead atoms. The van der Waals surface area contributed by atoms with Crippen molar-refractivity contribution in [2.75, 3.05) is 5.32 Å². The summed E-state index contributed by atoms with van der Waals surface area (Å²) < 4.78 is 0. The number of aromatic amines is 1. The molecule has 5 heteroatoms. The average Bonchev–Trinajstić information content (AvgIpc) is 2.61. The van der Waals surface area contributed by atoms with E-state index in [-0.39, 0.29) is 5.91 Å². The second-order valence-corrected chi connectivity index (χ2v) is 3.67. The average molecular weight is 210 g/mol. The summed E-state index contributed by atoms with van der Waals surface area (Å²) in [4.78, 5) is 11.6. The minimum absolute atomic E-state index is 0.157. The van der Waals surface area contributed by atoms with Gasteiger partial charge < -0.3 is 11.1 Å². The van der Waals surface area contributed by atoms with E-state index in [0.29, 0.717) is 5.82 Å². The normalized spacial score (nSPS) is 12.5. The molecule has 1 heterocycles. The van der Waals surface area contributed by atoms with Crippen LogP contribution >= 0.6 is 0 Å². The second-order valence-electron chi connectivity index (χ2n) is 3.67. The third-order valence-corrected chi connectivity index (χ3v) is 2.28. The molecule has 1 atom stereocenters. The van der Waals surface area contributed by atoms with Crippen molar-refractivity contribution in [2.24, 2.45) is 5.73 Å². The number of hydrogen-bond acceptors (Lipinski definition) is 3. The Hall–Kier alpha value is -1.36. The Bertz CT molecular complexity index is 321. The Morgan fingerprint density at radius 2 is 2.47 bits per heavy atom. The fourth-order valence-electron chi connectivity index (χ4n) is 1.24. The van der Waals surface area contributed by atoms with Gasteiger partial charge in [0.2, 0.25) is 5.91 Å². The number of carbonyl (C=O) groups is 1. The number of amides is 1. The van der Waals surface area contributed by atoms with Crippen LogP contribution in [0.1, 0.15) is 31.7 Å². The maximum absolute atomic E-state index is 11.6. The number of aryl methyl sites for hydroxylation is 1. The molecule has 0 unspecified atom stereocenters. The fraction of sp³-hybridized carbons (Fsp3) is 0.600. The molecule has 0 aromatic carbocycles. The number of aromatic nitrogens is 2. The van der Waals surface area contributed by atoms with Gasteiger partial charge in [-0.05, 0) is 13.3 Å². The van der Waals surface area contributed by atoms with Gasteiger partial charge in [0, 0.05) is 5.56 Å². The number of rotatable bonds is 5. The maximum Gasteiger partial charge on any atom is 0.242 e. The van der Waals surface area contributed by atoms with Gasteiger partial charge in [-0.3, -0.25) is 9.89 Å². The molecule has 0 saturated heterocycles. The van der Waals surface area contributed by atoms with E-state index >= 15 is 0 Å². The SMILES string of the molecule is CCCC[C@H](N)C(=O)Nc1[nH]ncc1C. The maximum atomic E-state index is 11.6. The molecule has 0 aliphatic rings. The van der Waals surface area contributed by atoms with Crippen LogP contribution in [0.5, 0.6) is 0 Å². The van der Waals surface area contributed by atoms with E-state index in [1.807, 2.05) is 6.92 Å². The summed E-state index contributed by atoms with van der Waals surface area (Å²) in [5, 5.41) is 9.24. The number of unbranched alkanes of at least 4 members (excludes halogenated alkanes) is 1. The van der Waals surface area contributed by atoms with Crippen molar-refractivity contribution in [1.82, 2.24) is 10.2 Å². The Balaban J connectivity index is 2.45. The van der Waals surface area contributed by atoms with E-state index in [0.717, 1.165) is 24.8 Å². The van der Waals surface area contributed by atoms with Crippen LogP contribution in [0.2, 0.25) is 0 Å². The van der Waals surface area contributed by atoms with Gasteiger partial charge >= 0.3 is 0 Å². The molecule has 0 aliphatic carbocycles. The monoisotopic (exact) mass is 210 g/mol. The van der Waals surface area contributed by atoms with E-state index in [4.69, 9.17) is 5.73 Å². The van der Waals surface area contributed by atoms with E-state index in [1.54, 1.807) is 6.20 Å². The van der Waals surface area contributed by atoms with Crippen molar-refractivity contribution in [3.8, 4) is 0 Å². The molecule has 1 amide bonds. The van der Waals surface area contributed by atoms with Gasteiger partial charge in [0.05, 0.1) is 12.2 Å². The zero-order valence-electron chi connectivity index (χ0n) is 9.21. The lowest BCUT2D eigenvalue weighted by Crippen LogP contribution is -2.35. The molecule has 4 N–H and O–H groups in total. The van der Waals surface area contributed by atoms with Gasteiger partial charge in [0.1, 0.15) is 5.82 Å². The Morgan fingerprint density at radius 3 is 3.00 bits per heavy atom. The van der Waals surface area contributed by atoms with Gasteiger partial charge in [-0.25, -0.2) is 0 Å². The molecule has 1 rings (SSSR count). The van der Waals surface area contributed by atoms with Gasteiger partial charge in [-0.2, -0.15) is 5.10 Å². The first-order chi connectivity index (χ1) is 7.15. The van der Waals surface area contributed by atoms with Crippen LogP contribution in [-0.4, -0.2) is 22.1 Å². The zero-order chi connectivity index (χ0) is 11.3. The Morgan fingerprint density at radius 1 is 1.73 bits per heavy atom. The number of H-pyrrole nitrogens is 1. The molecular weight excluding hydrogens is 192 g/mol. The first-order valence-electron chi connectivity index (χ1n) is 5.21. The lowest BCUT2D eigenvalue weighted by Gasteiger charge is -2.10. The van der Waals surface area contributed by atoms with Gasteiger partial charge in [-0.15, -0.1) is 0 Å². The van der Waals surface area contributed by atoms with Crippen molar-refractivity contribution in [3.63, 3.8) is 0 Å². The predicted molar refractivity (Wildman–Crippen MR) is 59.5 cm³/mol. The quantitative estimate of drug-likeness (QED) is 0.682. The zero-order valence-corrected chi connectivity index (χ0v) is 9.21. The number of nitrogens with one attached hydrogen (secondary N) is 2. The van der Waals surface area contributed by atoms with Crippen molar-refractivity contribution < 1.29 is 4.79 Å². The standard InChI is InChI=1S/C10H18N4O/c1-3-4-5-8(11)10(15)13-9-7(2)6-12-14-9/h6,8H,3-5,11H2,1-2H3,(H2,12,13,14,15)/t8-/m0/s1. The van der Waals surface area contributed by atoms with Crippen LogP contribution in [-0.2, 0) is 4.79 Å².